The minimum Gasteiger partial charge on any atom is -0.456 e. The lowest BCUT2D eigenvalue weighted by atomic mass is 9.68. The van der Waals surface area contributed by atoms with Gasteiger partial charge in [-0.1, -0.05) is 29.3 Å². The number of ether oxygens (including phenoxy) is 5. The van der Waals surface area contributed by atoms with Crippen molar-refractivity contribution in [2.24, 2.45) is 5.92 Å². The zero-order valence-electron chi connectivity index (χ0n) is 22.7. The molecule has 2 aliphatic heterocycles. The van der Waals surface area contributed by atoms with Gasteiger partial charge < -0.3 is 34.1 Å². The fourth-order valence-electron chi connectivity index (χ4n) is 5.63. The Labute approximate surface area is 230 Å². The SMILES string of the molecule is CO[C@@H]1[C@H](OC(=O)C=Cc2ccc(Cl)c(NCCOCCO)c2)CC[C@]2(CO2)[C@H]1[C@@]1(C)O[C@@H]1CC=C(C)C. The van der Waals surface area contributed by atoms with Crippen molar-refractivity contribution in [3.8, 4) is 0 Å². The van der Waals surface area contributed by atoms with E-state index in [-0.39, 0.29) is 42.0 Å². The minimum absolute atomic E-state index is 0.0116. The number of halogens is 1. The van der Waals surface area contributed by atoms with E-state index in [1.165, 1.54) is 11.6 Å². The van der Waals surface area contributed by atoms with Crippen LogP contribution < -0.4 is 5.32 Å². The van der Waals surface area contributed by atoms with E-state index in [0.29, 0.717) is 37.8 Å². The maximum atomic E-state index is 12.8. The number of carbonyl (C=O) groups excluding carboxylic acids is 1. The Morgan fingerprint density at radius 2 is 2.11 bits per heavy atom. The van der Waals surface area contributed by atoms with Crippen molar-refractivity contribution in [1.82, 2.24) is 0 Å². The molecule has 0 bridgehead atoms. The van der Waals surface area contributed by atoms with Crippen LogP contribution >= 0.6 is 11.6 Å². The Morgan fingerprint density at radius 1 is 1.32 bits per heavy atom. The van der Waals surface area contributed by atoms with Crippen LogP contribution in [0, 0.1) is 5.92 Å². The molecule has 1 aromatic rings. The highest BCUT2D eigenvalue weighted by atomic mass is 35.5. The summed E-state index contributed by atoms with van der Waals surface area (Å²) in [4.78, 5) is 12.8. The molecule has 8 nitrogen and oxygen atoms in total. The molecule has 0 aromatic heterocycles. The van der Waals surface area contributed by atoms with Gasteiger partial charge >= 0.3 is 5.97 Å². The van der Waals surface area contributed by atoms with E-state index >= 15 is 0 Å². The van der Waals surface area contributed by atoms with Crippen LogP contribution in [0.1, 0.15) is 45.6 Å². The van der Waals surface area contributed by atoms with Crippen molar-refractivity contribution in [1.29, 1.82) is 0 Å². The Morgan fingerprint density at radius 3 is 2.79 bits per heavy atom. The molecule has 1 saturated carbocycles. The lowest BCUT2D eigenvalue weighted by molar-refractivity contribution is -0.166. The van der Waals surface area contributed by atoms with Crippen LogP contribution in [0.25, 0.3) is 6.08 Å². The number of hydrogen-bond acceptors (Lipinski definition) is 8. The number of carbonyl (C=O) groups is 1. The number of aliphatic hydroxyl groups excluding tert-OH is 1. The summed E-state index contributed by atoms with van der Waals surface area (Å²) < 4.78 is 29.4. The summed E-state index contributed by atoms with van der Waals surface area (Å²) >= 11 is 6.29. The molecule has 1 spiro atoms. The van der Waals surface area contributed by atoms with Gasteiger partial charge in [0.25, 0.3) is 0 Å². The van der Waals surface area contributed by atoms with Crippen molar-refractivity contribution in [3.63, 3.8) is 0 Å². The molecule has 3 aliphatic rings. The van der Waals surface area contributed by atoms with Crippen LogP contribution in [-0.2, 0) is 28.5 Å². The predicted octanol–water partition coefficient (Wildman–Crippen LogP) is 4.39. The fraction of sp³-hybridized carbons (Fsp3) is 0.621. The van der Waals surface area contributed by atoms with Crippen molar-refractivity contribution >= 4 is 29.3 Å². The summed E-state index contributed by atoms with van der Waals surface area (Å²) in [7, 11) is 1.67. The molecule has 1 aromatic carbocycles. The molecule has 1 aliphatic carbocycles. The first-order chi connectivity index (χ1) is 18.2. The van der Waals surface area contributed by atoms with Crippen molar-refractivity contribution < 1.29 is 33.6 Å². The van der Waals surface area contributed by atoms with Gasteiger partial charge in [-0.3, -0.25) is 0 Å². The van der Waals surface area contributed by atoms with Crippen molar-refractivity contribution in [2.75, 3.05) is 45.4 Å². The topological polar surface area (TPSA) is 102 Å². The van der Waals surface area contributed by atoms with E-state index in [9.17, 15) is 4.79 Å². The van der Waals surface area contributed by atoms with Gasteiger partial charge in [0.05, 0.1) is 49.2 Å². The first-order valence-electron chi connectivity index (χ1n) is 13.3. The van der Waals surface area contributed by atoms with Crippen LogP contribution in [-0.4, -0.2) is 80.7 Å². The molecule has 0 unspecified atom stereocenters. The summed E-state index contributed by atoms with van der Waals surface area (Å²) in [6.45, 7) is 8.26. The number of esters is 1. The predicted molar refractivity (Wildman–Crippen MR) is 146 cm³/mol. The second-order valence-corrected chi connectivity index (χ2v) is 11.1. The number of epoxide rings is 2. The maximum Gasteiger partial charge on any atom is 0.331 e. The monoisotopic (exact) mass is 549 g/mol. The summed E-state index contributed by atoms with van der Waals surface area (Å²) in [5.74, 6) is -0.439. The van der Waals surface area contributed by atoms with E-state index in [4.69, 9.17) is 40.4 Å². The van der Waals surface area contributed by atoms with E-state index in [0.717, 1.165) is 24.1 Å². The Balaban J connectivity index is 1.37. The van der Waals surface area contributed by atoms with E-state index in [2.05, 4.69) is 32.2 Å². The average molecular weight is 550 g/mol. The molecular formula is C29H40ClNO7. The van der Waals surface area contributed by atoms with Crippen LogP contribution in [0.15, 0.2) is 35.9 Å². The lowest BCUT2D eigenvalue weighted by Crippen LogP contribution is -2.55. The Hall–Kier alpha value is -1.94. The quantitative estimate of drug-likeness (QED) is 0.123. The number of methoxy groups -OCH3 is 1. The van der Waals surface area contributed by atoms with Gasteiger partial charge in [0.15, 0.2) is 0 Å². The highest BCUT2D eigenvalue weighted by Gasteiger charge is 2.72. The zero-order valence-corrected chi connectivity index (χ0v) is 23.5. The van der Waals surface area contributed by atoms with Gasteiger partial charge in [-0.05, 0) is 63.8 Å². The van der Waals surface area contributed by atoms with Crippen LogP contribution in [0.4, 0.5) is 5.69 Å². The average Bonchev–Trinajstić information content (AvgIpc) is 3.80. The van der Waals surface area contributed by atoms with E-state index < -0.39 is 5.97 Å². The molecule has 3 fully saturated rings. The number of hydrogen-bond donors (Lipinski definition) is 2. The number of aliphatic hydroxyl groups is 1. The van der Waals surface area contributed by atoms with Gasteiger partial charge in [0, 0.05) is 19.7 Å². The molecule has 6 atom stereocenters. The van der Waals surface area contributed by atoms with Crippen molar-refractivity contribution in [3.05, 3.63) is 46.5 Å². The second kappa shape index (κ2) is 12.5. The molecule has 38 heavy (non-hydrogen) atoms. The molecule has 0 radical (unpaired) electrons. The van der Waals surface area contributed by atoms with Gasteiger partial charge in [-0.2, -0.15) is 0 Å². The largest absolute Gasteiger partial charge is 0.456 e. The summed E-state index contributed by atoms with van der Waals surface area (Å²) in [6, 6.07) is 5.46. The first-order valence-corrected chi connectivity index (χ1v) is 13.7. The molecule has 210 valence electrons. The van der Waals surface area contributed by atoms with Gasteiger partial charge in [-0.15, -0.1) is 0 Å². The highest BCUT2D eigenvalue weighted by Crippen LogP contribution is 2.59. The molecule has 9 heteroatoms. The lowest BCUT2D eigenvalue weighted by Gasteiger charge is -2.42. The highest BCUT2D eigenvalue weighted by molar-refractivity contribution is 6.33. The molecular weight excluding hydrogens is 510 g/mol. The van der Waals surface area contributed by atoms with Gasteiger partial charge in [-0.25, -0.2) is 4.79 Å². The minimum atomic E-state index is -0.423. The molecule has 2 saturated heterocycles. The van der Waals surface area contributed by atoms with Gasteiger partial charge in [0.2, 0.25) is 0 Å². The van der Waals surface area contributed by atoms with Crippen LogP contribution in [0.3, 0.4) is 0 Å². The normalized spacial score (nSPS) is 31.8. The second-order valence-electron chi connectivity index (χ2n) is 10.7. The van der Waals surface area contributed by atoms with E-state index in [1.54, 1.807) is 19.3 Å². The number of rotatable bonds is 13. The van der Waals surface area contributed by atoms with Crippen LogP contribution in [0.5, 0.6) is 0 Å². The molecule has 0 amide bonds. The Bertz CT molecular complexity index is 1040. The van der Waals surface area contributed by atoms with E-state index in [1.807, 2.05) is 12.1 Å². The number of benzene rings is 1. The summed E-state index contributed by atoms with van der Waals surface area (Å²) in [5, 5.41) is 12.6. The third-order valence-electron chi connectivity index (χ3n) is 7.70. The third-order valence-corrected chi connectivity index (χ3v) is 8.03. The van der Waals surface area contributed by atoms with Crippen molar-refractivity contribution in [2.45, 2.75) is 69.5 Å². The van der Waals surface area contributed by atoms with Gasteiger partial charge in [0.1, 0.15) is 23.4 Å². The standard InChI is InChI=1S/C29H40ClNO7/c1-19(2)5-9-24-28(3,38-24)27-26(34-4)23(11-12-29(27)18-36-29)37-25(33)10-7-20-6-8-21(30)22(17-20)31-13-15-35-16-14-32/h5-8,10,17,23-24,26-27,31-32H,9,11-16,18H2,1-4H3/t23-,24-,26-,27-,28+,29+/m1/s1. The fourth-order valence-corrected chi connectivity index (χ4v) is 5.81. The third kappa shape index (κ3) is 6.79. The first kappa shape index (κ1) is 29.1. The number of anilines is 1. The summed E-state index contributed by atoms with van der Waals surface area (Å²) in [5.41, 5.74) is 2.17. The zero-order chi connectivity index (χ0) is 27.3. The number of nitrogens with one attached hydrogen (secondary N) is 1. The maximum absolute atomic E-state index is 12.8. The van der Waals surface area contributed by atoms with Crippen LogP contribution in [0.2, 0.25) is 5.02 Å². The molecule has 2 heterocycles. The Kier molecular flexibility index (Phi) is 9.55. The molecule has 2 N–H and O–H groups in total. The summed E-state index contributed by atoms with van der Waals surface area (Å²) in [6.07, 6.45) is 7.08. The number of allylic oxidation sites excluding steroid dienone is 1. The smallest absolute Gasteiger partial charge is 0.331 e. The molecule has 4 rings (SSSR count).